The van der Waals surface area contributed by atoms with Gasteiger partial charge in [0.2, 0.25) is 5.91 Å². The number of halogens is 2. The van der Waals surface area contributed by atoms with Crippen molar-refractivity contribution in [1.82, 2.24) is 10.6 Å². The summed E-state index contributed by atoms with van der Waals surface area (Å²) < 4.78 is 7.55. The summed E-state index contributed by atoms with van der Waals surface area (Å²) in [7, 11) is -0.351. The molecule has 2 amide bonds. The molecular weight excluding hydrogens is 428 g/mol. The second-order valence-electron chi connectivity index (χ2n) is 5.95. The van der Waals surface area contributed by atoms with E-state index in [-0.39, 0.29) is 47.8 Å². The van der Waals surface area contributed by atoms with Gasteiger partial charge in [-0.05, 0) is 18.9 Å². The molecule has 26 heavy (non-hydrogen) atoms. The van der Waals surface area contributed by atoms with Crippen LogP contribution in [0.1, 0.15) is 37.4 Å². The molecular formula is C16H20BrClN4O4. The van der Waals surface area contributed by atoms with Crippen LogP contribution in [0.4, 0.5) is 11.4 Å². The molecule has 0 radical (unpaired) electrons. The van der Waals surface area contributed by atoms with Crippen LogP contribution in [0.2, 0.25) is 0 Å². The second-order valence-corrected chi connectivity index (χ2v) is 7.14. The highest BCUT2D eigenvalue weighted by molar-refractivity contribution is 9.10. The number of hydrogen-bond acceptors (Lipinski definition) is 5. The lowest BCUT2D eigenvalue weighted by atomic mass is 9.89. The highest BCUT2D eigenvalue weighted by Gasteiger charge is 2.31. The third-order valence-electron chi connectivity index (χ3n) is 4.25. The van der Waals surface area contributed by atoms with E-state index < -0.39 is 10.8 Å². The topological polar surface area (TPSA) is 113 Å². The predicted octanol–water partition coefficient (Wildman–Crippen LogP) is 2.80. The molecule has 1 aromatic carbocycles. The van der Waals surface area contributed by atoms with Gasteiger partial charge in [0.25, 0.3) is 11.6 Å². The molecule has 2 atom stereocenters. The summed E-state index contributed by atoms with van der Waals surface area (Å²) in [4.78, 5) is 35.0. The van der Waals surface area contributed by atoms with E-state index in [2.05, 4.69) is 31.9 Å². The maximum Gasteiger partial charge on any atom is 0.294 e. The van der Waals surface area contributed by atoms with Crippen molar-refractivity contribution >= 4 is 50.7 Å². The van der Waals surface area contributed by atoms with Gasteiger partial charge in [-0.15, -0.1) is 11.6 Å². The molecule has 2 rings (SSSR count). The standard InChI is InChI=1S/C16H20BrClN4O4/c1-19-16(24)10-6-9(17)7-13(22(25)26)15(10)21-12-5-3-2-4-11(12)20-14(23)8-18/h6-7,11-12,21H,2-5,8H2,1H3,(H,19,24)(H,20,23)/t11-,12+/m0/s1/i1D. The normalized spacial score (nSPS) is 20.0. The van der Waals surface area contributed by atoms with Crippen LogP contribution in [0, 0.1) is 10.1 Å². The highest BCUT2D eigenvalue weighted by atomic mass is 79.9. The largest absolute Gasteiger partial charge is 0.374 e. The highest BCUT2D eigenvalue weighted by Crippen LogP contribution is 2.35. The van der Waals surface area contributed by atoms with E-state index in [4.69, 9.17) is 13.0 Å². The molecule has 0 bridgehead atoms. The molecule has 1 aromatic rings. The molecule has 1 aliphatic rings. The first-order valence-electron chi connectivity index (χ1n) is 8.75. The zero-order chi connectivity index (χ0) is 20.0. The number of nitro groups is 1. The summed E-state index contributed by atoms with van der Waals surface area (Å²) in [6.07, 6.45) is 3.20. The number of anilines is 1. The summed E-state index contributed by atoms with van der Waals surface area (Å²) in [6.45, 7) is 0. The lowest BCUT2D eigenvalue weighted by Crippen LogP contribution is -2.49. The maximum atomic E-state index is 12.3. The van der Waals surface area contributed by atoms with Crippen LogP contribution in [0.5, 0.6) is 0 Å². The van der Waals surface area contributed by atoms with Crippen LogP contribution in [0.25, 0.3) is 0 Å². The van der Waals surface area contributed by atoms with Crippen molar-refractivity contribution in [3.05, 3.63) is 32.3 Å². The molecule has 10 heteroatoms. The Hall–Kier alpha value is -1.87. The van der Waals surface area contributed by atoms with Crippen LogP contribution in [-0.2, 0) is 4.79 Å². The molecule has 1 saturated carbocycles. The first-order valence-corrected chi connectivity index (χ1v) is 9.37. The van der Waals surface area contributed by atoms with Crippen molar-refractivity contribution in [2.75, 3.05) is 18.2 Å². The van der Waals surface area contributed by atoms with Crippen molar-refractivity contribution in [3.8, 4) is 0 Å². The minimum Gasteiger partial charge on any atom is -0.374 e. The van der Waals surface area contributed by atoms with Crippen LogP contribution < -0.4 is 16.0 Å². The van der Waals surface area contributed by atoms with Gasteiger partial charge >= 0.3 is 0 Å². The number of hydrogen-bond donors (Lipinski definition) is 3. The Balaban J connectivity index is 2.40. The predicted molar refractivity (Wildman–Crippen MR) is 103 cm³/mol. The number of nitro benzene ring substituents is 1. The van der Waals surface area contributed by atoms with E-state index in [1.807, 2.05) is 0 Å². The summed E-state index contributed by atoms with van der Waals surface area (Å²) >= 11 is 8.75. The smallest absolute Gasteiger partial charge is 0.294 e. The van der Waals surface area contributed by atoms with Gasteiger partial charge in [-0.25, -0.2) is 0 Å². The minimum absolute atomic E-state index is 0.0660. The number of amides is 2. The van der Waals surface area contributed by atoms with Gasteiger partial charge in [0.1, 0.15) is 11.6 Å². The molecule has 0 saturated heterocycles. The van der Waals surface area contributed by atoms with Gasteiger partial charge < -0.3 is 16.0 Å². The van der Waals surface area contributed by atoms with E-state index in [9.17, 15) is 19.7 Å². The average Bonchev–Trinajstić information content (AvgIpc) is 2.64. The summed E-state index contributed by atoms with van der Waals surface area (Å²) in [5, 5.41) is 19.8. The lowest BCUT2D eigenvalue weighted by molar-refractivity contribution is -0.384. The van der Waals surface area contributed by atoms with E-state index in [1.54, 1.807) is 0 Å². The molecule has 0 heterocycles. The lowest BCUT2D eigenvalue weighted by Gasteiger charge is -2.33. The fourth-order valence-electron chi connectivity index (χ4n) is 3.07. The molecule has 1 aliphatic carbocycles. The van der Waals surface area contributed by atoms with Crippen LogP contribution >= 0.6 is 27.5 Å². The Morgan fingerprint density at radius 1 is 1.38 bits per heavy atom. The molecule has 3 N–H and O–H groups in total. The third-order valence-corrected chi connectivity index (χ3v) is 4.95. The summed E-state index contributed by atoms with van der Waals surface area (Å²) in [5.74, 6) is -1.07. The van der Waals surface area contributed by atoms with Crippen LogP contribution in [-0.4, -0.2) is 41.7 Å². The molecule has 1 fully saturated rings. The Labute approximate surface area is 165 Å². The molecule has 0 unspecified atom stereocenters. The number of carbonyl (C=O) groups is 2. The number of nitrogens with one attached hydrogen (secondary N) is 3. The summed E-state index contributed by atoms with van der Waals surface area (Å²) in [6, 6.07) is 2.25. The maximum absolute atomic E-state index is 12.3. The van der Waals surface area contributed by atoms with E-state index in [0.29, 0.717) is 17.3 Å². The van der Waals surface area contributed by atoms with Gasteiger partial charge in [-0.3, -0.25) is 19.7 Å². The number of nitrogens with zero attached hydrogens (tertiary/aromatic N) is 1. The summed E-state index contributed by atoms with van der Waals surface area (Å²) in [5.41, 5.74) is -0.116. The zero-order valence-corrected chi connectivity index (χ0v) is 16.2. The molecule has 142 valence electrons. The van der Waals surface area contributed by atoms with Crippen LogP contribution in [0.15, 0.2) is 16.6 Å². The van der Waals surface area contributed by atoms with E-state index in [1.165, 1.54) is 12.1 Å². The third kappa shape index (κ3) is 4.85. The number of rotatable bonds is 6. The molecule has 0 spiro atoms. The number of alkyl halides is 1. The van der Waals surface area contributed by atoms with Gasteiger partial charge in [0.15, 0.2) is 0 Å². The Morgan fingerprint density at radius 3 is 2.69 bits per heavy atom. The first-order chi connectivity index (χ1) is 12.9. The average molecular weight is 449 g/mol. The van der Waals surface area contributed by atoms with Gasteiger partial charge in [0, 0.05) is 31.0 Å². The van der Waals surface area contributed by atoms with Crippen LogP contribution in [0.3, 0.4) is 0 Å². The number of benzene rings is 1. The number of carbonyl (C=O) groups excluding carboxylic acids is 2. The van der Waals surface area contributed by atoms with E-state index >= 15 is 0 Å². The van der Waals surface area contributed by atoms with Crippen molar-refractivity contribution < 1.29 is 15.9 Å². The Kier molecular flexibility index (Phi) is 6.67. The first kappa shape index (κ1) is 18.9. The molecule has 0 aliphatic heterocycles. The quantitative estimate of drug-likeness (QED) is 0.352. The molecule has 0 aromatic heterocycles. The fraction of sp³-hybridized carbons (Fsp3) is 0.500. The monoisotopic (exact) mass is 447 g/mol. The molecule has 8 nitrogen and oxygen atoms in total. The van der Waals surface area contributed by atoms with Gasteiger partial charge in [-0.2, -0.15) is 0 Å². The second kappa shape index (κ2) is 9.18. The van der Waals surface area contributed by atoms with Crippen molar-refractivity contribution in [3.63, 3.8) is 0 Å². The van der Waals surface area contributed by atoms with E-state index in [0.717, 1.165) is 12.8 Å². The fourth-order valence-corrected chi connectivity index (χ4v) is 3.59. The van der Waals surface area contributed by atoms with Crippen molar-refractivity contribution in [2.45, 2.75) is 37.8 Å². The zero-order valence-electron chi connectivity index (χ0n) is 14.9. The van der Waals surface area contributed by atoms with Crippen molar-refractivity contribution in [2.24, 2.45) is 0 Å². The Morgan fingerprint density at radius 2 is 2.08 bits per heavy atom. The van der Waals surface area contributed by atoms with Gasteiger partial charge in [0.05, 0.1) is 10.5 Å². The minimum atomic E-state index is -0.589. The SMILES string of the molecule is [2H]CNC(=O)c1cc(Br)cc([N+](=O)[O-])c1N[C@@H]1CCCC[C@@H]1NC(=O)CCl. The van der Waals surface area contributed by atoms with Gasteiger partial charge in [-0.1, -0.05) is 28.8 Å². The Bertz CT molecular complexity index is 737. The van der Waals surface area contributed by atoms with Crippen molar-refractivity contribution in [1.29, 1.82) is 0 Å².